The summed E-state index contributed by atoms with van der Waals surface area (Å²) in [5.74, 6) is 0.0434. The summed E-state index contributed by atoms with van der Waals surface area (Å²) in [6, 6.07) is 0. The van der Waals surface area contributed by atoms with Crippen LogP contribution >= 0.6 is 12.2 Å². The summed E-state index contributed by atoms with van der Waals surface area (Å²) in [6.45, 7) is 10.1. The van der Waals surface area contributed by atoms with Crippen molar-refractivity contribution in [1.82, 2.24) is 4.90 Å². The van der Waals surface area contributed by atoms with Gasteiger partial charge in [-0.1, -0.05) is 33.0 Å². The van der Waals surface area contributed by atoms with Gasteiger partial charge in [-0.15, -0.1) is 0 Å². The van der Waals surface area contributed by atoms with Gasteiger partial charge in [-0.25, -0.2) is 0 Å². The maximum Gasteiger partial charge on any atom is 0.235 e. The SMILES string of the molecule is CCC(CC)(C(=O)N(C)C(C)(C)CC)C(N)=S. The molecule has 0 atom stereocenters. The second kappa shape index (κ2) is 5.80. The van der Waals surface area contributed by atoms with Crippen LogP contribution in [0.3, 0.4) is 0 Å². The molecule has 0 heterocycles. The zero-order valence-corrected chi connectivity index (χ0v) is 12.8. The second-order valence-electron chi connectivity index (χ2n) is 5.18. The van der Waals surface area contributed by atoms with Crippen molar-refractivity contribution < 1.29 is 4.79 Å². The lowest BCUT2D eigenvalue weighted by Crippen LogP contribution is -2.55. The number of nitrogens with zero attached hydrogens (tertiary/aromatic N) is 1. The molecule has 0 aromatic rings. The molecule has 0 aliphatic heterocycles. The molecule has 0 spiro atoms. The van der Waals surface area contributed by atoms with E-state index in [1.165, 1.54) is 0 Å². The van der Waals surface area contributed by atoms with Crippen molar-refractivity contribution in [3.05, 3.63) is 0 Å². The number of amides is 1. The average molecular weight is 258 g/mol. The molecule has 3 nitrogen and oxygen atoms in total. The van der Waals surface area contributed by atoms with Crippen molar-refractivity contribution in [2.45, 2.75) is 59.4 Å². The summed E-state index contributed by atoms with van der Waals surface area (Å²) in [6.07, 6.45) is 2.21. The summed E-state index contributed by atoms with van der Waals surface area (Å²) >= 11 is 5.11. The van der Waals surface area contributed by atoms with Gasteiger partial charge in [0.2, 0.25) is 5.91 Å². The van der Waals surface area contributed by atoms with Crippen molar-refractivity contribution in [1.29, 1.82) is 0 Å². The molecule has 0 aromatic heterocycles. The molecule has 0 rings (SSSR count). The van der Waals surface area contributed by atoms with Crippen LogP contribution in [0, 0.1) is 5.41 Å². The number of carbonyl (C=O) groups excluding carboxylic acids is 1. The van der Waals surface area contributed by atoms with Crippen LogP contribution in [0.4, 0.5) is 0 Å². The molecule has 0 aliphatic rings. The number of nitrogens with two attached hydrogens (primary N) is 1. The van der Waals surface area contributed by atoms with Gasteiger partial charge in [-0.3, -0.25) is 4.79 Å². The molecule has 0 saturated carbocycles. The fourth-order valence-corrected chi connectivity index (χ4v) is 2.22. The van der Waals surface area contributed by atoms with Gasteiger partial charge in [0.05, 0.1) is 10.4 Å². The van der Waals surface area contributed by atoms with E-state index < -0.39 is 5.41 Å². The van der Waals surface area contributed by atoms with Crippen LogP contribution in [0.25, 0.3) is 0 Å². The van der Waals surface area contributed by atoms with E-state index in [1.54, 1.807) is 4.90 Å². The Hall–Kier alpha value is -0.640. The third-order valence-corrected chi connectivity index (χ3v) is 4.56. The number of hydrogen-bond acceptors (Lipinski definition) is 2. The minimum atomic E-state index is -0.684. The number of thiocarbonyl (C=S) groups is 1. The Balaban J connectivity index is 5.32. The van der Waals surface area contributed by atoms with Crippen LogP contribution < -0.4 is 5.73 Å². The molecule has 0 aromatic carbocycles. The van der Waals surface area contributed by atoms with Gasteiger partial charge >= 0.3 is 0 Å². The standard InChI is InChI=1S/C13H26N2OS/c1-7-12(4,5)15(6)11(16)13(8-2,9-3)10(14)17/h7-9H2,1-6H3,(H2,14,17). The lowest BCUT2D eigenvalue weighted by molar-refractivity contribution is -0.142. The van der Waals surface area contributed by atoms with Crippen molar-refractivity contribution in [3.8, 4) is 0 Å². The molecule has 100 valence electrons. The van der Waals surface area contributed by atoms with Crippen molar-refractivity contribution in [3.63, 3.8) is 0 Å². The van der Waals surface area contributed by atoms with E-state index in [1.807, 2.05) is 20.9 Å². The predicted molar refractivity (Wildman–Crippen MR) is 76.9 cm³/mol. The fraction of sp³-hybridized carbons (Fsp3) is 0.846. The Bertz CT molecular complexity index is 296. The molecule has 0 fully saturated rings. The zero-order valence-electron chi connectivity index (χ0n) is 12.0. The van der Waals surface area contributed by atoms with Gasteiger partial charge in [-0.2, -0.15) is 0 Å². The fourth-order valence-electron chi connectivity index (χ4n) is 1.84. The predicted octanol–water partition coefficient (Wildman–Crippen LogP) is 2.73. The first kappa shape index (κ1) is 16.4. The second-order valence-corrected chi connectivity index (χ2v) is 5.62. The summed E-state index contributed by atoms with van der Waals surface area (Å²) in [5.41, 5.74) is 4.95. The molecule has 0 radical (unpaired) electrons. The number of rotatable bonds is 6. The Morgan fingerprint density at radius 1 is 1.18 bits per heavy atom. The zero-order chi connectivity index (χ0) is 13.9. The highest BCUT2D eigenvalue weighted by Crippen LogP contribution is 2.32. The normalized spacial score (nSPS) is 12.4. The van der Waals surface area contributed by atoms with Crippen molar-refractivity contribution in [2.75, 3.05) is 7.05 Å². The summed E-state index contributed by atoms with van der Waals surface area (Å²) < 4.78 is 0. The van der Waals surface area contributed by atoms with Crippen LogP contribution in [-0.2, 0) is 4.79 Å². The minimum absolute atomic E-state index is 0.0434. The smallest absolute Gasteiger partial charge is 0.235 e. The summed E-state index contributed by atoms with van der Waals surface area (Å²) in [5, 5.41) is 0. The molecule has 0 aliphatic carbocycles. The number of carbonyl (C=O) groups is 1. The third-order valence-electron chi connectivity index (χ3n) is 4.17. The topological polar surface area (TPSA) is 46.3 Å². The minimum Gasteiger partial charge on any atom is -0.392 e. The van der Waals surface area contributed by atoms with Crippen LogP contribution in [-0.4, -0.2) is 28.4 Å². The Labute approximate surface area is 111 Å². The van der Waals surface area contributed by atoms with Gasteiger partial charge in [0.1, 0.15) is 0 Å². The molecule has 17 heavy (non-hydrogen) atoms. The summed E-state index contributed by atoms with van der Waals surface area (Å²) in [7, 11) is 1.84. The van der Waals surface area contributed by atoms with Gasteiger partial charge in [0.15, 0.2) is 0 Å². The monoisotopic (exact) mass is 258 g/mol. The van der Waals surface area contributed by atoms with E-state index in [2.05, 4.69) is 20.8 Å². The molecule has 0 bridgehead atoms. The molecule has 0 saturated heterocycles. The first-order chi connectivity index (χ1) is 7.69. The first-order valence-electron chi connectivity index (χ1n) is 6.27. The summed E-state index contributed by atoms with van der Waals surface area (Å²) in [4.78, 5) is 14.7. The maximum absolute atomic E-state index is 12.6. The van der Waals surface area contributed by atoms with E-state index >= 15 is 0 Å². The van der Waals surface area contributed by atoms with Crippen LogP contribution in [0.2, 0.25) is 0 Å². The van der Waals surface area contributed by atoms with Gasteiger partial charge < -0.3 is 10.6 Å². The highest BCUT2D eigenvalue weighted by Gasteiger charge is 2.43. The molecule has 2 N–H and O–H groups in total. The van der Waals surface area contributed by atoms with E-state index in [0.29, 0.717) is 17.8 Å². The molecular weight excluding hydrogens is 232 g/mol. The Morgan fingerprint density at radius 3 is 1.82 bits per heavy atom. The number of hydrogen-bond donors (Lipinski definition) is 1. The molecule has 4 heteroatoms. The third kappa shape index (κ3) is 2.97. The molecule has 1 amide bonds. The lowest BCUT2D eigenvalue weighted by Gasteiger charge is -2.41. The van der Waals surface area contributed by atoms with E-state index in [0.717, 1.165) is 6.42 Å². The lowest BCUT2D eigenvalue weighted by atomic mass is 9.79. The highest BCUT2D eigenvalue weighted by atomic mass is 32.1. The van der Waals surface area contributed by atoms with Crippen LogP contribution in [0.5, 0.6) is 0 Å². The largest absolute Gasteiger partial charge is 0.392 e. The molecular formula is C13H26N2OS. The Morgan fingerprint density at radius 2 is 1.59 bits per heavy atom. The van der Waals surface area contributed by atoms with Crippen molar-refractivity contribution in [2.24, 2.45) is 11.1 Å². The van der Waals surface area contributed by atoms with Gasteiger partial charge in [0.25, 0.3) is 0 Å². The quantitative estimate of drug-likeness (QED) is 0.745. The van der Waals surface area contributed by atoms with Crippen molar-refractivity contribution >= 4 is 23.1 Å². The molecule has 0 unspecified atom stereocenters. The highest BCUT2D eigenvalue weighted by molar-refractivity contribution is 7.80. The van der Waals surface area contributed by atoms with Gasteiger partial charge in [0, 0.05) is 12.6 Å². The van der Waals surface area contributed by atoms with Crippen LogP contribution in [0.15, 0.2) is 0 Å². The Kier molecular flexibility index (Phi) is 5.59. The van der Waals surface area contributed by atoms with E-state index in [-0.39, 0.29) is 11.4 Å². The van der Waals surface area contributed by atoms with Gasteiger partial charge in [-0.05, 0) is 33.1 Å². The first-order valence-corrected chi connectivity index (χ1v) is 6.68. The maximum atomic E-state index is 12.6. The van der Waals surface area contributed by atoms with Crippen LogP contribution in [0.1, 0.15) is 53.9 Å². The van der Waals surface area contributed by atoms with E-state index in [9.17, 15) is 4.79 Å². The average Bonchev–Trinajstić information content (AvgIpc) is 2.29. The van der Waals surface area contributed by atoms with E-state index in [4.69, 9.17) is 18.0 Å².